The highest BCUT2D eigenvalue weighted by Crippen LogP contribution is 2.36. The van der Waals surface area contributed by atoms with Crippen LogP contribution >= 0.6 is 0 Å². The van der Waals surface area contributed by atoms with E-state index < -0.39 is 5.60 Å². The first-order valence-electron chi connectivity index (χ1n) is 13.8. The van der Waals surface area contributed by atoms with E-state index in [4.69, 9.17) is 4.74 Å². The molecule has 4 aliphatic rings. The van der Waals surface area contributed by atoms with Crippen LogP contribution in [0.25, 0.3) is 0 Å². The highest BCUT2D eigenvalue weighted by molar-refractivity contribution is 5.99. The van der Waals surface area contributed by atoms with Crippen LogP contribution in [-0.2, 0) is 20.9 Å². The van der Waals surface area contributed by atoms with Gasteiger partial charge in [0.25, 0.3) is 5.91 Å². The van der Waals surface area contributed by atoms with Gasteiger partial charge in [-0.1, -0.05) is 0 Å². The molecule has 10 heteroatoms. The summed E-state index contributed by atoms with van der Waals surface area (Å²) in [6, 6.07) is 6.12. The van der Waals surface area contributed by atoms with Crippen LogP contribution in [0.1, 0.15) is 75.2 Å². The second kappa shape index (κ2) is 10.8. The van der Waals surface area contributed by atoms with Crippen LogP contribution in [-0.4, -0.2) is 59.0 Å². The maximum atomic E-state index is 13.3. The number of allylic oxidation sites excluding steroid dienone is 2. The number of carbonyl (C=O) groups excluding carboxylic acids is 3. The minimum absolute atomic E-state index is 0.0340. The molecule has 0 atom stereocenters. The molecule has 2 aliphatic heterocycles. The van der Waals surface area contributed by atoms with Crippen molar-refractivity contribution in [3.05, 3.63) is 52.5 Å². The van der Waals surface area contributed by atoms with Gasteiger partial charge >= 0.3 is 5.97 Å². The van der Waals surface area contributed by atoms with Crippen LogP contribution in [0.3, 0.4) is 0 Å². The summed E-state index contributed by atoms with van der Waals surface area (Å²) in [6.45, 7) is 6.19. The predicted octanol–water partition coefficient (Wildman–Crippen LogP) is 3.44. The Morgan fingerprint density at radius 2 is 1.85 bits per heavy atom. The van der Waals surface area contributed by atoms with Crippen molar-refractivity contribution in [3.8, 4) is 0 Å². The first kappa shape index (κ1) is 26.9. The van der Waals surface area contributed by atoms with Gasteiger partial charge in [-0.05, 0) is 89.1 Å². The quantitative estimate of drug-likeness (QED) is 0.277. The van der Waals surface area contributed by atoms with Crippen molar-refractivity contribution in [3.63, 3.8) is 0 Å². The zero-order valence-electron chi connectivity index (χ0n) is 23.1. The van der Waals surface area contributed by atoms with Gasteiger partial charge in [0.2, 0.25) is 0 Å². The number of hydrogen-bond donors (Lipinski definition) is 3. The number of carbonyl (C=O) groups is 3. The molecule has 0 spiro atoms. The van der Waals surface area contributed by atoms with Crippen LogP contribution in [0.4, 0.5) is 5.69 Å². The van der Waals surface area contributed by atoms with E-state index in [1.807, 2.05) is 55.0 Å². The van der Waals surface area contributed by atoms with Gasteiger partial charge in [-0.15, -0.1) is 5.53 Å². The second-order valence-electron chi connectivity index (χ2n) is 11.7. The van der Waals surface area contributed by atoms with Gasteiger partial charge in [0.1, 0.15) is 11.4 Å². The van der Waals surface area contributed by atoms with E-state index in [0.29, 0.717) is 29.5 Å². The fourth-order valence-electron chi connectivity index (χ4n) is 5.52. The average Bonchev–Trinajstić information content (AvgIpc) is 3.70. The summed E-state index contributed by atoms with van der Waals surface area (Å²) in [5.74, 6) is 0.334. The predicted molar refractivity (Wildman–Crippen MR) is 148 cm³/mol. The van der Waals surface area contributed by atoms with Crippen LogP contribution in [0.5, 0.6) is 0 Å². The molecule has 0 aromatic heterocycles. The number of benzene rings is 1. The molecule has 208 valence electrons. The van der Waals surface area contributed by atoms with Gasteiger partial charge in [-0.3, -0.25) is 29.8 Å². The summed E-state index contributed by atoms with van der Waals surface area (Å²) in [5.41, 5.74) is 9.51. The van der Waals surface area contributed by atoms with Gasteiger partial charge < -0.3 is 15.0 Å². The number of ether oxygens (including phenoxy) is 1. The number of hydrogen-bond acceptors (Lipinski definition) is 9. The summed E-state index contributed by atoms with van der Waals surface area (Å²) >= 11 is 0. The number of amides is 1. The monoisotopic (exact) mass is 534 g/mol. The average molecular weight is 535 g/mol. The Balaban J connectivity index is 1.27. The molecule has 0 saturated heterocycles. The lowest BCUT2D eigenvalue weighted by molar-refractivity contribution is -0.161. The number of nitrogens with zero attached hydrogens (tertiary/aromatic N) is 3. The maximum absolute atomic E-state index is 13.3. The Hall–Kier alpha value is -3.66. The standard InChI is InChI=1S/C29H38N6O4/c1-29(2,3)39-28(38)18-5-8-21(9-6-18)34-16-19-15-20(7-12-23(19)27(34)37)31-26-24(17-36)25(13-14-30-4)35(33-32-26)22-10-11-22/h7,12-15,17-18,21-22,31-33H,5-6,8-11,16H2,1-4H3. The minimum atomic E-state index is -0.490. The summed E-state index contributed by atoms with van der Waals surface area (Å²) in [5, 5.41) is 5.29. The molecular weight excluding hydrogens is 496 g/mol. The lowest BCUT2D eigenvalue weighted by atomic mass is 9.85. The first-order chi connectivity index (χ1) is 18.7. The second-order valence-corrected chi connectivity index (χ2v) is 11.7. The van der Waals surface area contributed by atoms with E-state index in [2.05, 4.69) is 21.3 Å². The fourth-order valence-corrected chi connectivity index (χ4v) is 5.52. The number of aliphatic imine (C=N–C) groups is 1. The lowest BCUT2D eigenvalue weighted by Gasteiger charge is -2.35. The van der Waals surface area contributed by atoms with Gasteiger partial charge in [0.05, 0.1) is 17.2 Å². The van der Waals surface area contributed by atoms with Crippen molar-refractivity contribution < 1.29 is 19.1 Å². The van der Waals surface area contributed by atoms with Gasteiger partial charge in [-0.25, -0.2) is 0 Å². The van der Waals surface area contributed by atoms with E-state index in [1.165, 1.54) is 0 Å². The number of fused-ring (bicyclic) bond motifs is 1. The number of rotatable bonds is 7. The van der Waals surface area contributed by atoms with Gasteiger partial charge in [0.15, 0.2) is 6.29 Å². The van der Waals surface area contributed by atoms with Crippen LogP contribution < -0.4 is 16.3 Å². The third kappa shape index (κ3) is 5.85. The van der Waals surface area contributed by atoms with Crippen molar-refractivity contribution in [2.24, 2.45) is 10.9 Å². The molecule has 2 heterocycles. The molecule has 0 bridgehead atoms. The van der Waals surface area contributed by atoms with Crippen molar-refractivity contribution in [2.45, 2.75) is 83.5 Å². The Morgan fingerprint density at radius 1 is 1.13 bits per heavy atom. The first-order valence-corrected chi connectivity index (χ1v) is 13.8. The molecule has 2 aliphatic carbocycles. The van der Waals surface area contributed by atoms with E-state index in [0.717, 1.165) is 61.8 Å². The zero-order valence-corrected chi connectivity index (χ0v) is 23.1. The van der Waals surface area contributed by atoms with E-state index in [-0.39, 0.29) is 23.8 Å². The Labute approximate surface area is 229 Å². The summed E-state index contributed by atoms with van der Waals surface area (Å²) in [4.78, 5) is 43.9. The Bertz CT molecular complexity index is 1230. The highest BCUT2D eigenvalue weighted by Gasteiger charge is 2.38. The largest absolute Gasteiger partial charge is 0.460 e. The van der Waals surface area contributed by atoms with Gasteiger partial charge in [-0.2, -0.15) is 0 Å². The number of hydrazine groups is 2. The topological polar surface area (TPSA) is 115 Å². The third-order valence-electron chi connectivity index (χ3n) is 7.60. The summed E-state index contributed by atoms with van der Waals surface area (Å²) < 4.78 is 5.57. The molecular formula is C29H38N6O4. The SMILES string of the molecule is CN=CC=C1C(C=O)=C(Nc2ccc3c(c2)CN(C2CCC(C(=O)OC(C)(C)C)CC2)C3=O)NNN1C1CC1. The minimum Gasteiger partial charge on any atom is -0.460 e. The molecule has 5 rings (SSSR count). The number of aldehydes is 1. The molecule has 39 heavy (non-hydrogen) atoms. The number of nitrogens with one attached hydrogen (secondary N) is 3. The molecule has 2 saturated carbocycles. The molecule has 1 aromatic carbocycles. The van der Waals surface area contributed by atoms with Crippen molar-refractivity contribution in [2.75, 3.05) is 12.4 Å². The highest BCUT2D eigenvalue weighted by atomic mass is 16.6. The summed E-state index contributed by atoms with van der Waals surface area (Å²) in [6.07, 6.45) is 9.48. The van der Waals surface area contributed by atoms with E-state index in [1.54, 1.807) is 13.3 Å². The molecule has 3 N–H and O–H groups in total. The number of anilines is 1. The molecule has 10 nitrogen and oxygen atoms in total. The van der Waals surface area contributed by atoms with Crippen molar-refractivity contribution in [1.82, 2.24) is 20.9 Å². The number of esters is 1. The summed E-state index contributed by atoms with van der Waals surface area (Å²) in [7, 11) is 1.69. The molecule has 0 unspecified atom stereocenters. The molecule has 1 aromatic rings. The van der Waals surface area contributed by atoms with Crippen molar-refractivity contribution >= 4 is 30.1 Å². The van der Waals surface area contributed by atoms with Crippen LogP contribution in [0, 0.1) is 5.92 Å². The van der Waals surface area contributed by atoms with Gasteiger partial charge in [0, 0.05) is 43.1 Å². The van der Waals surface area contributed by atoms with E-state index >= 15 is 0 Å². The molecule has 1 amide bonds. The molecule has 2 fully saturated rings. The normalized spacial score (nSPS) is 24.7. The Kier molecular flexibility index (Phi) is 7.48. The van der Waals surface area contributed by atoms with E-state index in [9.17, 15) is 14.4 Å². The smallest absolute Gasteiger partial charge is 0.309 e. The maximum Gasteiger partial charge on any atom is 0.309 e. The van der Waals surface area contributed by atoms with Crippen LogP contribution in [0.15, 0.2) is 46.4 Å². The lowest BCUT2D eigenvalue weighted by Crippen LogP contribution is -2.53. The third-order valence-corrected chi connectivity index (χ3v) is 7.60. The molecule has 0 radical (unpaired) electrons. The fraction of sp³-hybridized carbons (Fsp3) is 0.517. The Morgan fingerprint density at radius 3 is 2.49 bits per heavy atom. The van der Waals surface area contributed by atoms with Crippen molar-refractivity contribution in [1.29, 1.82) is 0 Å². The van der Waals surface area contributed by atoms with Crippen LogP contribution in [0.2, 0.25) is 0 Å². The zero-order chi connectivity index (χ0) is 27.7.